The van der Waals surface area contributed by atoms with Crippen LogP contribution in [0.15, 0.2) is 18.2 Å². The molecule has 2 heterocycles. The van der Waals surface area contributed by atoms with Crippen molar-refractivity contribution in [3.63, 3.8) is 0 Å². The van der Waals surface area contributed by atoms with Gasteiger partial charge in [-0.15, -0.1) is 0 Å². The highest BCUT2D eigenvalue weighted by atomic mass is 35.5. The van der Waals surface area contributed by atoms with Gasteiger partial charge in [0.05, 0.1) is 0 Å². The minimum absolute atomic E-state index is 0.0440. The second-order valence-electron chi connectivity index (χ2n) is 5.06. The van der Waals surface area contributed by atoms with E-state index < -0.39 is 0 Å². The van der Waals surface area contributed by atoms with Gasteiger partial charge in [-0.3, -0.25) is 4.79 Å². The molecule has 1 aliphatic heterocycles. The van der Waals surface area contributed by atoms with Crippen LogP contribution in [0, 0.1) is 6.92 Å². The number of amides is 1. The maximum atomic E-state index is 12.5. The first kappa shape index (κ1) is 15.5. The SMILES string of the molecule is Cc1nsc(N2CCN(C(=O)c3cc(Cl)cc(Cl)c3)CC2)n1. The summed E-state index contributed by atoms with van der Waals surface area (Å²) >= 11 is 13.3. The number of carbonyl (C=O) groups is 1. The Morgan fingerprint density at radius 1 is 1.14 bits per heavy atom. The molecule has 0 unspecified atom stereocenters. The van der Waals surface area contributed by atoms with Crippen LogP contribution in [-0.2, 0) is 0 Å². The van der Waals surface area contributed by atoms with Crippen molar-refractivity contribution in [1.82, 2.24) is 14.3 Å². The number of halogens is 2. The van der Waals surface area contributed by atoms with Crippen molar-refractivity contribution in [3.8, 4) is 0 Å². The van der Waals surface area contributed by atoms with Crippen molar-refractivity contribution in [1.29, 1.82) is 0 Å². The first-order chi connectivity index (χ1) is 10.5. The quantitative estimate of drug-likeness (QED) is 0.829. The lowest BCUT2D eigenvalue weighted by Crippen LogP contribution is -2.48. The van der Waals surface area contributed by atoms with Crippen molar-refractivity contribution >= 4 is 45.8 Å². The summed E-state index contributed by atoms with van der Waals surface area (Å²) in [6.45, 7) is 4.65. The van der Waals surface area contributed by atoms with Crippen LogP contribution in [-0.4, -0.2) is 46.3 Å². The number of aryl methyl sites for hydroxylation is 1. The smallest absolute Gasteiger partial charge is 0.254 e. The predicted octanol–water partition coefficient (Wildman–Crippen LogP) is 3.12. The molecule has 1 saturated heterocycles. The van der Waals surface area contributed by atoms with Crippen molar-refractivity contribution in [2.24, 2.45) is 0 Å². The zero-order valence-corrected chi connectivity index (χ0v) is 14.3. The van der Waals surface area contributed by atoms with E-state index in [1.165, 1.54) is 11.5 Å². The topological polar surface area (TPSA) is 49.3 Å². The molecule has 0 atom stereocenters. The third kappa shape index (κ3) is 3.34. The minimum Gasteiger partial charge on any atom is -0.343 e. The predicted molar refractivity (Wildman–Crippen MR) is 89.2 cm³/mol. The van der Waals surface area contributed by atoms with E-state index >= 15 is 0 Å². The minimum atomic E-state index is -0.0440. The van der Waals surface area contributed by atoms with E-state index in [4.69, 9.17) is 23.2 Å². The molecule has 1 aromatic carbocycles. The van der Waals surface area contributed by atoms with Gasteiger partial charge in [-0.05, 0) is 25.1 Å². The molecule has 8 heteroatoms. The zero-order chi connectivity index (χ0) is 15.7. The van der Waals surface area contributed by atoms with Gasteiger partial charge in [0.2, 0.25) is 5.13 Å². The molecular formula is C14H14Cl2N4OS. The third-order valence-electron chi connectivity index (χ3n) is 3.46. The summed E-state index contributed by atoms with van der Waals surface area (Å²) in [7, 11) is 0. The Hall–Kier alpha value is -1.37. The van der Waals surface area contributed by atoms with Crippen LogP contribution in [0.2, 0.25) is 10.0 Å². The molecule has 2 aromatic rings. The van der Waals surface area contributed by atoms with Gasteiger partial charge in [0.15, 0.2) is 0 Å². The number of nitrogens with zero attached hydrogens (tertiary/aromatic N) is 4. The summed E-state index contributed by atoms with van der Waals surface area (Å²) in [5.74, 6) is 0.740. The molecule has 116 valence electrons. The molecule has 22 heavy (non-hydrogen) atoms. The number of piperazine rings is 1. The second-order valence-corrected chi connectivity index (χ2v) is 6.66. The lowest BCUT2D eigenvalue weighted by molar-refractivity contribution is 0.0747. The summed E-state index contributed by atoms with van der Waals surface area (Å²) in [5.41, 5.74) is 0.526. The van der Waals surface area contributed by atoms with Crippen LogP contribution >= 0.6 is 34.7 Å². The van der Waals surface area contributed by atoms with E-state index in [0.29, 0.717) is 28.7 Å². The number of aromatic nitrogens is 2. The Balaban J connectivity index is 1.67. The maximum Gasteiger partial charge on any atom is 0.254 e. The average molecular weight is 357 g/mol. The Labute approximate surface area is 142 Å². The summed E-state index contributed by atoms with van der Waals surface area (Å²) in [5, 5.41) is 1.85. The molecule has 1 fully saturated rings. The van der Waals surface area contributed by atoms with Crippen LogP contribution in [0.1, 0.15) is 16.2 Å². The van der Waals surface area contributed by atoms with E-state index in [0.717, 1.165) is 24.0 Å². The Kier molecular flexibility index (Phi) is 4.52. The van der Waals surface area contributed by atoms with Crippen molar-refractivity contribution < 1.29 is 4.79 Å². The van der Waals surface area contributed by atoms with Crippen molar-refractivity contribution in [3.05, 3.63) is 39.6 Å². The van der Waals surface area contributed by atoms with Gasteiger partial charge in [-0.2, -0.15) is 4.37 Å². The molecule has 0 aliphatic carbocycles. The Bertz CT molecular complexity index is 678. The van der Waals surface area contributed by atoms with Gasteiger partial charge in [0.1, 0.15) is 5.82 Å². The fraction of sp³-hybridized carbons (Fsp3) is 0.357. The molecule has 1 aliphatic rings. The lowest BCUT2D eigenvalue weighted by atomic mass is 10.2. The fourth-order valence-electron chi connectivity index (χ4n) is 2.38. The number of rotatable bonds is 2. The molecule has 0 spiro atoms. The molecule has 0 radical (unpaired) electrons. The zero-order valence-electron chi connectivity index (χ0n) is 11.9. The van der Waals surface area contributed by atoms with Crippen LogP contribution in [0.5, 0.6) is 0 Å². The monoisotopic (exact) mass is 356 g/mol. The summed E-state index contributed by atoms with van der Waals surface area (Å²) in [6.07, 6.45) is 0. The van der Waals surface area contributed by atoms with E-state index in [2.05, 4.69) is 14.3 Å². The van der Waals surface area contributed by atoms with Crippen LogP contribution < -0.4 is 4.90 Å². The van der Waals surface area contributed by atoms with Crippen LogP contribution in [0.25, 0.3) is 0 Å². The van der Waals surface area contributed by atoms with Gasteiger partial charge in [-0.1, -0.05) is 23.2 Å². The van der Waals surface area contributed by atoms with Gasteiger partial charge >= 0.3 is 0 Å². The summed E-state index contributed by atoms with van der Waals surface area (Å²) in [4.78, 5) is 20.9. The highest BCUT2D eigenvalue weighted by Gasteiger charge is 2.24. The first-order valence-corrected chi connectivity index (χ1v) is 8.36. The van der Waals surface area contributed by atoms with Crippen molar-refractivity contribution in [2.75, 3.05) is 31.1 Å². The van der Waals surface area contributed by atoms with Crippen LogP contribution in [0.3, 0.4) is 0 Å². The summed E-state index contributed by atoms with van der Waals surface area (Å²) < 4.78 is 4.19. The standard InChI is InChI=1S/C14H14Cl2N4OS/c1-9-17-14(22-18-9)20-4-2-19(3-5-20)13(21)10-6-11(15)8-12(16)7-10/h6-8H,2-5H2,1H3. The third-order valence-corrected chi connectivity index (χ3v) is 4.77. The molecular weight excluding hydrogens is 343 g/mol. The molecule has 1 amide bonds. The normalized spacial score (nSPS) is 15.2. The van der Waals surface area contributed by atoms with Gasteiger partial charge < -0.3 is 9.80 Å². The number of hydrogen-bond donors (Lipinski definition) is 0. The molecule has 0 N–H and O–H groups in total. The number of benzene rings is 1. The van der Waals surface area contributed by atoms with E-state index in [1.54, 1.807) is 18.2 Å². The Morgan fingerprint density at radius 3 is 2.32 bits per heavy atom. The summed E-state index contributed by atoms with van der Waals surface area (Å²) in [6, 6.07) is 4.92. The number of carbonyl (C=O) groups excluding carboxylic acids is 1. The van der Waals surface area contributed by atoms with Crippen molar-refractivity contribution in [2.45, 2.75) is 6.92 Å². The first-order valence-electron chi connectivity index (χ1n) is 6.83. The number of anilines is 1. The largest absolute Gasteiger partial charge is 0.343 e. The molecule has 1 aromatic heterocycles. The fourth-order valence-corrected chi connectivity index (χ4v) is 3.63. The highest BCUT2D eigenvalue weighted by Crippen LogP contribution is 2.22. The average Bonchev–Trinajstić information content (AvgIpc) is 2.92. The lowest BCUT2D eigenvalue weighted by Gasteiger charge is -2.34. The van der Waals surface area contributed by atoms with E-state index in [-0.39, 0.29) is 5.91 Å². The van der Waals surface area contributed by atoms with E-state index in [1.807, 2.05) is 11.8 Å². The van der Waals surface area contributed by atoms with E-state index in [9.17, 15) is 4.79 Å². The molecule has 0 bridgehead atoms. The molecule has 3 rings (SSSR count). The molecule has 5 nitrogen and oxygen atoms in total. The number of hydrogen-bond acceptors (Lipinski definition) is 5. The Morgan fingerprint density at radius 2 is 1.77 bits per heavy atom. The van der Waals surface area contributed by atoms with Gasteiger partial charge in [-0.25, -0.2) is 4.98 Å². The maximum absolute atomic E-state index is 12.5. The van der Waals surface area contributed by atoms with Gasteiger partial charge in [0.25, 0.3) is 5.91 Å². The van der Waals surface area contributed by atoms with Gasteiger partial charge in [0, 0.05) is 53.3 Å². The second kappa shape index (κ2) is 6.40. The molecule has 0 saturated carbocycles. The highest BCUT2D eigenvalue weighted by molar-refractivity contribution is 7.09. The van der Waals surface area contributed by atoms with Crippen LogP contribution in [0.4, 0.5) is 5.13 Å².